The zero-order chi connectivity index (χ0) is 12.0. The molecule has 1 aliphatic carbocycles. The van der Waals surface area contributed by atoms with Crippen molar-refractivity contribution in [2.24, 2.45) is 23.7 Å². The molecule has 0 aromatic heterocycles. The highest BCUT2D eigenvalue weighted by molar-refractivity contribution is 7.98. The molecule has 3 atom stereocenters. The van der Waals surface area contributed by atoms with E-state index in [9.17, 15) is 0 Å². The van der Waals surface area contributed by atoms with Gasteiger partial charge in [0.15, 0.2) is 0 Å². The second kappa shape index (κ2) is 7.60. The van der Waals surface area contributed by atoms with Gasteiger partial charge in [0.05, 0.1) is 0 Å². The molecule has 96 valence electrons. The van der Waals surface area contributed by atoms with E-state index in [2.05, 4.69) is 32.5 Å². The smallest absolute Gasteiger partial charge is 0.00209 e. The molecule has 0 aliphatic heterocycles. The van der Waals surface area contributed by atoms with Gasteiger partial charge in [-0.1, -0.05) is 13.8 Å². The van der Waals surface area contributed by atoms with E-state index in [1.807, 2.05) is 11.8 Å². The minimum absolute atomic E-state index is 0.882. The molecule has 0 amide bonds. The molecule has 0 heterocycles. The van der Waals surface area contributed by atoms with Crippen LogP contribution in [0.1, 0.15) is 39.5 Å². The maximum atomic E-state index is 3.38. The van der Waals surface area contributed by atoms with Gasteiger partial charge in [-0.2, -0.15) is 11.8 Å². The van der Waals surface area contributed by atoms with Crippen molar-refractivity contribution < 1.29 is 0 Å². The summed E-state index contributed by atoms with van der Waals surface area (Å²) >= 11 is 2.00. The number of hydrogen-bond donors (Lipinski definition) is 1. The average Bonchev–Trinajstić information content (AvgIpc) is 2.27. The highest BCUT2D eigenvalue weighted by atomic mass is 32.2. The van der Waals surface area contributed by atoms with Crippen molar-refractivity contribution in [3.8, 4) is 0 Å². The topological polar surface area (TPSA) is 12.0 Å². The van der Waals surface area contributed by atoms with E-state index in [1.54, 1.807) is 0 Å². The lowest BCUT2D eigenvalue weighted by Gasteiger charge is -2.38. The first-order chi connectivity index (χ1) is 7.69. The first-order valence-electron chi connectivity index (χ1n) is 6.82. The van der Waals surface area contributed by atoms with Gasteiger partial charge in [-0.25, -0.2) is 0 Å². The van der Waals surface area contributed by atoms with Crippen molar-refractivity contribution in [3.05, 3.63) is 0 Å². The third-order valence-electron chi connectivity index (χ3n) is 4.28. The first-order valence-corrected chi connectivity index (χ1v) is 8.22. The van der Waals surface area contributed by atoms with Crippen LogP contribution >= 0.6 is 11.8 Å². The second-order valence-electron chi connectivity index (χ2n) is 5.68. The van der Waals surface area contributed by atoms with Gasteiger partial charge in [-0.15, -0.1) is 0 Å². The predicted octanol–water partition coefficient (Wildman–Crippen LogP) is 3.65. The summed E-state index contributed by atoms with van der Waals surface area (Å²) < 4.78 is 0. The Bertz CT molecular complexity index is 182. The molecular weight excluding hydrogens is 214 g/mol. The molecule has 1 nitrogen and oxygen atoms in total. The molecule has 3 unspecified atom stereocenters. The fraction of sp³-hybridized carbons (Fsp3) is 1.00. The van der Waals surface area contributed by atoms with Crippen molar-refractivity contribution >= 4 is 11.8 Å². The van der Waals surface area contributed by atoms with E-state index in [1.165, 1.54) is 38.0 Å². The van der Waals surface area contributed by atoms with Crippen LogP contribution in [0.25, 0.3) is 0 Å². The van der Waals surface area contributed by atoms with Gasteiger partial charge in [-0.05, 0) is 75.0 Å². The van der Waals surface area contributed by atoms with Gasteiger partial charge >= 0.3 is 0 Å². The minimum atomic E-state index is 0.882. The maximum absolute atomic E-state index is 3.38. The van der Waals surface area contributed by atoms with E-state index >= 15 is 0 Å². The summed E-state index contributed by atoms with van der Waals surface area (Å²) in [6.07, 6.45) is 8.04. The third-order valence-corrected chi connectivity index (χ3v) is 4.93. The van der Waals surface area contributed by atoms with Crippen molar-refractivity contribution in [3.63, 3.8) is 0 Å². The first kappa shape index (κ1) is 14.4. The maximum Gasteiger partial charge on any atom is -0.00209 e. The molecule has 1 rings (SSSR count). The Morgan fingerprint density at radius 1 is 1.25 bits per heavy atom. The Hall–Kier alpha value is 0.310. The van der Waals surface area contributed by atoms with Crippen molar-refractivity contribution in [1.29, 1.82) is 0 Å². The zero-order valence-corrected chi connectivity index (χ0v) is 12.3. The summed E-state index contributed by atoms with van der Waals surface area (Å²) in [5.74, 6) is 5.12. The quantitative estimate of drug-likeness (QED) is 0.764. The summed E-state index contributed by atoms with van der Waals surface area (Å²) in [6, 6.07) is 0. The lowest BCUT2D eigenvalue weighted by molar-refractivity contribution is 0.144. The number of hydrogen-bond acceptors (Lipinski definition) is 2. The fourth-order valence-electron chi connectivity index (χ4n) is 3.12. The molecule has 0 aromatic rings. The van der Waals surface area contributed by atoms with Crippen LogP contribution in [0.2, 0.25) is 0 Å². The molecule has 1 fully saturated rings. The summed E-state index contributed by atoms with van der Waals surface area (Å²) in [4.78, 5) is 0. The Morgan fingerprint density at radius 3 is 2.56 bits per heavy atom. The molecule has 0 saturated heterocycles. The van der Waals surface area contributed by atoms with Crippen LogP contribution in [0.4, 0.5) is 0 Å². The monoisotopic (exact) mass is 243 g/mol. The number of rotatable bonds is 6. The molecule has 1 saturated carbocycles. The zero-order valence-electron chi connectivity index (χ0n) is 11.5. The van der Waals surface area contributed by atoms with Gasteiger partial charge in [0.1, 0.15) is 0 Å². The minimum Gasteiger partial charge on any atom is -0.319 e. The Morgan fingerprint density at radius 2 is 2.00 bits per heavy atom. The lowest BCUT2D eigenvalue weighted by atomic mass is 9.69. The summed E-state index contributed by atoms with van der Waals surface area (Å²) in [7, 11) is 2.10. The molecule has 0 aromatic carbocycles. The van der Waals surface area contributed by atoms with Gasteiger partial charge in [0, 0.05) is 0 Å². The van der Waals surface area contributed by atoms with E-state index in [-0.39, 0.29) is 0 Å². The SMILES string of the molecule is CNCC1CCC(C(C)C)CC1CCSC. The van der Waals surface area contributed by atoms with E-state index < -0.39 is 0 Å². The molecule has 0 radical (unpaired) electrons. The second-order valence-corrected chi connectivity index (χ2v) is 6.66. The molecule has 1 N–H and O–H groups in total. The predicted molar refractivity (Wildman–Crippen MR) is 76.1 cm³/mol. The van der Waals surface area contributed by atoms with Crippen LogP contribution in [-0.4, -0.2) is 25.6 Å². The Kier molecular flexibility index (Phi) is 6.83. The van der Waals surface area contributed by atoms with Crippen molar-refractivity contribution in [2.45, 2.75) is 39.5 Å². The van der Waals surface area contributed by atoms with Crippen molar-refractivity contribution in [2.75, 3.05) is 25.6 Å². The van der Waals surface area contributed by atoms with Crippen LogP contribution in [0.15, 0.2) is 0 Å². The van der Waals surface area contributed by atoms with E-state index in [0.717, 1.165) is 23.7 Å². The highest BCUT2D eigenvalue weighted by Gasteiger charge is 2.30. The lowest BCUT2D eigenvalue weighted by Crippen LogP contribution is -2.33. The fourth-order valence-corrected chi connectivity index (χ4v) is 3.66. The van der Waals surface area contributed by atoms with Crippen LogP contribution in [0, 0.1) is 23.7 Å². The van der Waals surface area contributed by atoms with E-state index in [0.29, 0.717) is 0 Å². The van der Waals surface area contributed by atoms with Gasteiger partial charge < -0.3 is 5.32 Å². The Balaban J connectivity index is 2.47. The normalized spacial score (nSPS) is 30.9. The highest BCUT2D eigenvalue weighted by Crippen LogP contribution is 2.39. The van der Waals surface area contributed by atoms with Crippen molar-refractivity contribution in [1.82, 2.24) is 5.32 Å². The molecule has 0 bridgehead atoms. The third kappa shape index (κ3) is 4.29. The molecule has 0 spiro atoms. The molecular formula is C14H29NS. The average molecular weight is 243 g/mol. The van der Waals surface area contributed by atoms with Gasteiger partial charge in [0.2, 0.25) is 0 Å². The number of thioether (sulfide) groups is 1. The summed E-state index contributed by atoms with van der Waals surface area (Å²) in [5.41, 5.74) is 0. The van der Waals surface area contributed by atoms with Gasteiger partial charge in [-0.3, -0.25) is 0 Å². The largest absolute Gasteiger partial charge is 0.319 e. The summed E-state index contributed by atoms with van der Waals surface area (Å²) in [6.45, 7) is 6.02. The summed E-state index contributed by atoms with van der Waals surface area (Å²) in [5, 5.41) is 3.38. The molecule has 2 heteroatoms. The molecule has 1 aliphatic rings. The molecule has 16 heavy (non-hydrogen) atoms. The van der Waals surface area contributed by atoms with E-state index in [4.69, 9.17) is 0 Å². The standard InChI is InChI=1S/C14H29NS/c1-11(2)12-5-6-14(10-15-3)13(9-12)7-8-16-4/h11-15H,5-10H2,1-4H3. The van der Waals surface area contributed by atoms with Crippen LogP contribution in [0.5, 0.6) is 0 Å². The number of nitrogens with one attached hydrogen (secondary N) is 1. The van der Waals surface area contributed by atoms with Crippen LogP contribution in [0.3, 0.4) is 0 Å². The Labute approximate surface area is 106 Å². The van der Waals surface area contributed by atoms with Gasteiger partial charge in [0.25, 0.3) is 0 Å². The van der Waals surface area contributed by atoms with Crippen LogP contribution < -0.4 is 5.32 Å². The van der Waals surface area contributed by atoms with Crippen LogP contribution in [-0.2, 0) is 0 Å².